The van der Waals surface area contributed by atoms with E-state index in [1.165, 1.54) is 0 Å². The highest BCUT2D eigenvalue weighted by Gasteiger charge is 2.32. The molecular weight excluding hydrogens is 254 g/mol. The number of hydrogen-bond acceptors (Lipinski definition) is 4. The average molecular weight is 277 g/mol. The Bertz CT molecular complexity index is 476. The summed E-state index contributed by atoms with van der Waals surface area (Å²) in [6.45, 7) is 3.22. The van der Waals surface area contributed by atoms with Crippen molar-refractivity contribution in [3.8, 4) is 5.75 Å². The van der Waals surface area contributed by atoms with Gasteiger partial charge >= 0.3 is 0 Å². The minimum Gasteiger partial charge on any atom is -0.497 e. The first-order valence-electron chi connectivity index (χ1n) is 6.86. The lowest BCUT2D eigenvalue weighted by Gasteiger charge is -2.30. The number of carbonyl (C=O) groups excluding carboxylic acids is 1. The van der Waals surface area contributed by atoms with Gasteiger partial charge in [-0.05, 0) is 38.7 Å². The molecule has 1 N–H and O–H groups in total. The predicted octanol–water partition coefficient (Wildman–Crippen LogP) is 1.08. The topological polar surface area (TPSA) is 44.8 Å². The lowest BCUT2D eigenvalue weighted by atomic mass is 10.1. The largest absolute Gasteiger partial charge is 0.497 e. The third-order valence-corrected chi connectivity index (χ3v) is 3.83. The van der Waals surface area contributed by atoms with Gasteiger partial charge in [-0.15, -0.1) is 0 Å². The molecule has 2 unspecified atom stereocenters. The molecule has 1 aliphatic heterocycles. The molecule has 0 bridgehead atoms. The summed E-state index contributed by atoms with van der Waals surface area (Å²) in [5.74, 6) is 0.954. The fourth-order valence-electron chi connectivity index (χ4n) is 2.30. The van der Waals surface area contributed by atoms with Gasteiger partial charge in [0.05, 0.1) is 13.7 Å². The van der Waals surface area contributed by atoms with Crippen molar-refractivity contribution in [3.05, 3.63) is 29.8 Å². The van der Waals surface area contributed by atoms with E-state index in [9.17, 15) is 4.79 Å². The van der Waals surface area contributed by atoms with Gasteiger partial charge in [0.2, 0.25) is 5.91 Å². The van der Waals surface area contributed by atoms with Crippen LogP contribution in [0.4, 0.5) is 0 Å². The molecule has 1 aliphatic rings. The zero-order chi connectivity index (χ0) is 14.7. The van der Waals surface area contributed by atoms with E-state index in [-0.39, 0.29) is 12.1 Å². The maximum absolute atomic E-state index is 12.1. The number of nitrogens with one attached hydrogen (secondary N) is 1. The quantitative estimate of drug-likeness (QED) is 0.874. The molecule has 0 aromatic heterocycles. The van der Waals surface area contributed by atoms with Crippen molar-refractivity contribution in [1.82, 2.24) is 15.1 Å². The zero-order valence-electron chi connectivity index (χ0n) is 12.6. The molecule has 2 atom stereocenters. The Labute approximate surface area is 120 Å². The number of carbonyl (C=O) groups is 1. The maximum Gasteiger partial charge on any atom is 0.238 e. The first-order valence-corrected chi connectivity index (χ1v) is 6.86. The molecule has 1 heterocycles. The molecule has 0 aliphatic carbocycles. The number of likely N-dealkylation sites (N-methyl/N-ethyl adjacent to an activating group) is 1. The van der Waals surface area contributed by atoms with E-state index in [4.69, 9.17) is 4.74 Å². The van der Waals surface area contributed by atoms with E-state index >= 15 is 0 Å². The molecule has 0 saturated carbocycles. The molecule has 20 heavy (non-hydrogen) atoms. The van der Waals surface area contributed by atoms with E-state index in [0.29, 0.717) is 19.1 Å². The zero-order valence-corrected chi connectivity index (χ0v) is 12.6. The molecule has 2 rings (SSSR count). The van der Waals surface area contributed by atoms with Crippen molar-refractivity contribution in [2.45, 2.75) is 19.1 Å². The molecular formula is C15H23N3O2. The molecule has 1 saturated heterocycles. The smallest absolute Gasteiger partial charge is 0.238 e. The summed E-state index contributed by atoms with van der Waals surface area (Å²) in [5, 5.41) is 3.27. The second kappa shape index (κ2) is 6.24. The lowest BCUT2D eigenvalue weighted by Crippen LogP contribution is -2.41. The van der Waals surface area contributed by atoms with Crippen molar-refractivity contribution in [2.24, 2.45) is 0 Å². The third-order valence-electron chi connectivity index (χ3n) is 3.83. The van der Waals surface area contributed by atoms with Crippen molar-refractivity contribution >= 4 is 5.91 Å². The summed E-state index contributed by atoms with van der Waals surface area (Å²) in [5.41, 5.74) is 1.06. The number of hydrogen-bond donors (Lipinski definition) is 1. The lowest BCUT2D eigenvalue weighted by molar-refractivity contribution is -0.128. The minimum absolute atomic E-state index is 0.0694. The van der Waals surface area contributed by atoms with Crippen LogP contribution in [0.2, 0.25) is 0 Å². The maximum atomic E-state index is 12.1. The summed E-state index contributed by atoms with van der Waals surface area (Å²) in [4.78, 5) is 16.1. The fraction of sp³-hybridized carbons (Fsp3) is 0.533. The van der Waals surface area contributed by atoms with Crippen LogP contribution in [-0.2, 0) is 4.79 Å². The number of ether oxygens (including phenoxy) is 1. The summed E-state index contributed by atoms with van der Waals surface area (Å²) < 4.78 is 5.26. The van der Waals surface area contributed by atoms with Crippen LogP contribution in [-0.4, -0.2) is 56.0 Å². The van der Waals surface area contributed by atoms with Gasteiger partial charge in [-0.25, -0.2) is 0 Å². The molecule has 5 nitrogen and oxygen atoms in total. The second-order valence-corrected chi connectivity index (χ2v) is 5.42. The van der Waals surface area contributed by atoms with Gasteiger partial charge in [0.25, 0.3) is 0 Å². The number of rotatable bonds is 5. The van der Waals surface area contributed by atoms with Crippen molar-refractivity contribution in [3.63, 3.8) is 0 Å². The first kappa shape index (κ1) is 14.8. The van der Waals surface area contributed by atoms with E-state index in [1.54, 1.807) is 7.11 Å². The van der Waals surface area contributed by atoms with Crippen molar-refractivity contribution < 1.29 is 9.53 Å². The van der Waals surface area contributed by atoms with Crippen LogP contribution in [0.15, 0.2) is 24.3 Å². The van der Waals surface area contributed by atoms with E-state index in [1.807, 2.05) is 43.3 Å². The third kappa shape index (κ3) is 3.11. The number of methoxy groups -OCH3 is 1. The van der Waals surface area contributed by atoms with Crippen LogP contribution in [0.1, 0.15) is 18.7 Å². The average Bonchev–Trinajstić information content (AvgIpc) is 2.80. The van der Waals surface area contributed by atoms with Gasteiger partial charge < -0.3 is 14.5 Å². The highest BCUT2D eigenvalue weighted by Crippen LogP contribution is 2.25. The highest BCUT2D eigenvalue weighted by atomic mass is 16.5. The fourth-order valence-corrected chi connectivity index (χ4v) is 2.30. The molecule has 0 spiro atoms. The molecule has 110 valence electrons. The molecule has 0 radical (unpaired) electrons. The van der Waals surface area contributed by atoms with E-state index < -0.39 is 0 Å². The summed E-state index contributed by atoms with van der Waals surface area (Å²) in [6, 6.07) is 8.17. The summed E-state index contributed by atoms with van der Waals surface area (Å²) >= 11 is 0. The van der Waals surface area contributed by atoms with Crippen LogP contribution in [0.25, 0.3) is 0 Å². The summed E-state index contributed by atoms with van der Waals surface area (Å²) in [6.07, 6.45) is -0.0694. The number of nitrogens with zero attached hydrogens (tertiary/aromatic N) is 2. The normalized spacial score (nSPS) is 20.6. The Morgan fingerprint density at radius 2 is 2.25 bits per heavy atom. The van der Waals surface area contributed by atoms with Gasteiger partial charge in [0, 0.05) is 12.6 Å². The van der Waals surface area contributed by atoms with Gasteiger partial charge in [-0.3, -0.25) is 10.1 Å². The predicted molar refractivity (Wildman–Crippen MR) is 78.6 cm³/mol. The molecule has 1 aromatic carbocycles. The van der Waals surface area contributed by atoms with Crippen LogP contribution < -0.4 is 10.1 Å². The van der Waals surface area contributed by atoms with Gasteiger partial charge in [0.15, 0.2) is 0 Å². The van der Waals surface area contributed by atoms with Gasteiger partial charge in [0.1, 0.15) is 11.9 Å². The SMILES string of the molecule is COc1cccc(C2NCC(=O)N2CC(C)N(C)C)c1. The van der Waals surface area contributed by atoms with Crippen LogP contribution in [0.5, 0.6) is 5.75 Å². The van der Waals surface area contributed by atoms with Crippen LogP contribution in [0.3, 0.4) is 0 Å². The van der Waals surface area contributed by atoms with Crippen LogP contribution in [0, 0.1) is 0 Å². The minimum atomic E-state index is -0.0694. The van der Waals surface area contributed by atoms with Crippen LogP contribution >= 0.6 is 0 Å². The van der Waals surface area contributed by atoms with E-state index in [0.717, 1.165) is 11.3 Å². The molecule has 1 aromatic rings. The standard InChI is InChI=1S/C15H23N3O2/c1-11(17(2)3)10-18-14(19)9-16-15(18)12-6-5-7-13(8-12)20-4/h5-8,11,15-16H,9-10H2,1-4H3. The Kier molecular flexibility index (Phi) is 4.62. The van der Waals surface area contributed by atoms with Gasteiger partial charge in [-0.2, -0.15) is 0 Å². The summed E-state index contributed by atoms with van der Waals surface area (Å²) in [7, 11) is 5.70. The first-order chi connectivity index (χ1) is 9.52. The molecule has 5 heteroatoms. The Hall–Kier alpha value is -1.59. The monoisotopic (exact) mass is 277 g/mol. The number of benzene rings is 1. The molecule has 1 fully saturated rings. The number of amides is 1. The van der Waals surface area contributed by atoms with Gasteiger partial charge in [-0.1, -0.05) is 12.1 Å². The molecule has 1 amide bonds. The van der Waals surface area contributed by atoms with Crippen molar-refractivity contribution in [1.29, 1.82) is 0 Å². The Balaban J connectivity index is 2.18. The Morgan fingerprint density at radius 3 is 2.90 bits per heavy atom. The van der Waals surface area contributed by atoms with E-state index in [2.05, 4.69) is 17.1 Å². The van der Waals surface area contributed by atoms with Crippen molar-refractivity contribution in [2.75, 3.05) is 34.3 Å². The Morgan fingerprint density at radius 1 is 1.50 bits per heavy atom. The second-order valence-electron chi connectivity index (χ2n) is 5.42. The highest BCUT2D eigenvalue weighted by molar-refractivity contribution is 5.81.